The maximum atomic E-state index is 12.1. The van der Waals surface area contributed by atoms with E-state index in [0.717, 1.165) is 11.3 Å². The third kappa shape index (κ3) is 4.35. The lowest BCUT2D eigenvalue weighted by Gasteiger charge is -2.11. The number of hydrogen-bond donors (Lipinski definition) is 2. The summed E-state index contributed by atoms with van der Waals surface area (Å²) < 4.78 is 0. The van der Waals surface area contributed by atoms with Crippen molar-refractivity contribution in [1.82, 2.24) is 0 Å². The minimum absolute atomic E-state index is 0.00989. The van der Waals surface area contributed by atoms with Crippen molar-refractivity contribution >= 4 is 23.4 Å². The van der Waals surface area contributed by atoms with Crippen LogP contribution >= 0.6 is 0 Å². The second-order valence-corrected chi connectivity index (χ2v) is 5.16. The van der Waals surface area contributed by atoms with Crippen LogP contribution < -0.4 is 10.2 Å². The van der Waals surface area contributed by atoms with E-state index in [1.807, 2.05) is 49.3 Å². The van der Waals surface area contributed by atoms with Crippen molar-refractivity contribution < 1.29 is 9.90 Å². The topological polar surface area (TPSA) is 76.4 Å². The number of phenols is 1. The number of anilines is 2. The van der Waals surface area contributed by atoms with Crippen LogP contribution in [0.5, 0.6) is 5.75 Å². The number of aromatic hydroxyl groups is 1. The van der Waals surface area contributed by atoms with E-state index < -0.39 is 5.91 Å². The fourth-order valence-electron chi connectivity index (χ4n) is 1.93. The molecule has 0 bridgehead atoms. The van der Waals surface area contributed by atoms with Gasteiger partial charge in [-0.1, -0.05) is 12.1 Å². The molecule has 1 amide bonds. The molecule has 0 heterocycles. The Morgan fingerprint density at radius 2 is 1.74 bits per heavy atom. The van der Waals surface area contributed by atoms with Crippen molar-refractivity contribution in [2.75, 3.05) is 24.3 Å². The summed E-state index contributed by atoms with van der Waals surface area (Å²) in [4.78, 5) is 14.1. The van der Waals surface area contributed by atoms with Gasteiger partial charge >= 0.3 is 0 Å². The molecule has 23 heavy (non-hydrogen) atoms. The van der Waals surface area contributed by atoms with Crippen LogP contribution in [0.3, 0.4) is 0 Å². The zero-order chi connectivity index (χ0) is 16.8. The van der Waals surface area contributed by atoms with Gasteiger partial charge < -0.3 is 15.3 Å². The summed E-state index contributed by atoms with van der Waals surface area (Å²) >= 11 is 0. The average Bonchev–Trinajstić information content (AvgIpc) is 2.55. The van der Waals surface area contributed by atoms with Gasteiger partial charge in [-0.25, -0.2) is 0 Å². The molecule has 2 aromatic rings. The third-order valence-electron chi connectivity index (χ3n) is 3.21. The van der Waals surface area contributed by atoms with Gasteiger partial charge in [0.15, 0.2) is 0 Å². The molecule has 2 rings (SSSR count). The number of nitriles is 1. The van der Waals surface area contributed by atoms with E-state index in [-0.39, 0.29) is 11.3 Å². The molecule has 0 aliphatic rings. The van der Waals surface area contributed by atoms with Crippen molar-refractivity contribution in [3.05, 3.63) is 59.7 Å². The smallest absolute Gasteiger partial charge is 0.266 e. The molecule has 0 radical (unpaired) electrons. The SMILES string of the molecule is CN(C)c1ccc(/C=C(\C#N)C(=O)Nc2ccc(O)cc2)cc1. The normalized spacial score (nSPS) is 10.7. The maximum absolute atomic E-state index is 12.1. The molecule has 0 atom stereocenters. The lowest BCUT2D eigenvalue weighted by molar-refractivity contribution is -0.112. The first-order valence-electron chi connectivity index (χ1n) is 6.99. The molecular formula is C18H17N3O2. The van der Waals surface area contributed by atoms with Crippen LogP contribution in [0.2, 0.25) is 0 Å². The Morgan fingerprint density at radius 3 is 2.26 bits per heavy atom. The Bertz CT molecular complexity index is 754. The quantitative estimate of drug-likeness (QED) is 0.517. The molecule has 0 fully saturated rings. The van der Waals surface area contributed by atoms with Gasteiger partial charge in [-0.2, -0.15) is 5.26 Å². The lowest BCUT2D eigenvalue weighted by atomic mass is 10.1. The highest BCUT2D eigenvalue weighted by molar-refractivity contribution is 6.09. The van der Waals surface area contributed by atoms with Crippen LogP contribution in [0.4, 0.5) is 11.4 Å². The minimum Gasteiger partial charge on any atom is -0.508 e. The monoisotopic (exact) mass is 307 g/mol. The van der Waals surface area contributed by atoms with E-state index in [9.17, 15) is 15.2 Å². The van der Waals surface area contributed by atoms with Crippen molar-refractivity contribution in [2.45, 2.75) is 0 Å². The van der Waals surface area contributed by atoms with Gasteiger partial charge in [0.2, 0.25) is 0 Å². The zero-order valence-electron chi connectivity index (χ0n) is 12.9. The van der Waals surface area contributed by atoms with E-state index in [1.54, 1.807) is 12.1 Å². The molecule has 0 aromatic heterocycles. The number of hydrogen-bond acceptors (Lipinski definition) is 4. The molecule has 0 aliphatic carbocycles. The van der Waals surface area contributed by atoms with Crippen LogP contribution in [0.25, 0.3) is 6.08 Å². The molecule has 0 saturated carbocycles. The highest BCUT2D eigenvalue weighted by Gasteiger charge is 2.09. The van der Waals surface area contributed by atoms with Crippen LogP contribution in [-0.4, -0.2) is 25.1 Å². The summed E-state index contributed by atoms with van der Waals surface area (Å²) in [6.45, 7) is 0. The Morgan fingerprint density at radius 1 is 1.13 bits per heavy atom. The molecule has 116 valence electrons. The molecule has 2 N–H and O–H groups in total. The number of amides is 1. The first-order chi connectivity index (χ1) is 11.0. The predicted octanol–water partition coefficient (Wildman–Crippen LogP) is 3.00. The summed E-state index contributed by atoms with van der Waals surface area (Å²) in [5.41, 5.74) is 2.33. The maximum Gasteiger partial charge on any atom is 0.266 e. The van der Waals surface area contributed by atoms with Gasteiger partial charge in [-0.15, -0.1) is 0 Å². The largest absolute Gasteiger partial charge is 0.508 e. The summed E-state index contributed by atoms with van der Waals surface area (Å²) in [6, 6.07) is 15.5. The average molecular weight is 307 g/mol. The van der Waals surface area contributed by atoms with Crippen LogP contribution in [0.15, 0.2) is 54.1 Å². The third-order valence-corrected chi connectivity index (χ3v) is 3.21. The molecular weight excluding hydrogens is 290 g/mol. The summed E-state index contributed by atoms with van der Waals surface area (Å²) in [5, 5.41) is 21.0. The fourth-order valence-corrected chi connectivity index (χ4v) is 1.93. The van der Waals surface area contributed by atoms with Gasteiger partial charge in [0, 0.05) is 25.5 Å². The highest BCUT2D eigenvalue weighted by Crippen LogP contribution is 2.17. The molecule has 0 unspecified atom stereocenters. The second-order valence-electron chi connectivity index (χ2n) is 5.16. The van der Waals surface area contributed by atoms with Crippen molar-refractivity contribution in [1.29, 1.82) is 5.26 Å². The summed E-state index contributed by atoms with van der Waals surface area (Å²) in [6.07, 6.45) is 1.54. The van der Waals surface area contributed by atoms with Gasteiger partial charge in [-0.05, 0) is 48.0 Å². The van der Waals surface area contributed by atoms with Crippen molar-refractivity contribution in [3.63, 3.8) is 0 Å². The number of carbonyl (C=O) groups excluding carboxylic acids is 1. The highest BCUT2D eigenvalue weighted by atomic mass is 16.3. The molecule has 0 saturated heterocycles. The molecule has 5 nitrogen and oxygen atoms in total. The Balaban J connectivity index is 2.16. The van der Waals surface area contributed by atoms with E-state index in [2.05, 4.69) is 5.32 Å². The number of carbonyl (C=O) groups is 1. The molecule has 5 heteroatoms. The van der Waals surface area contributed by atoms with E-state index in [1.165, 1.54) is 18.2 Å². The number of nitrogens with one attached hydrogen (secondary N) is 1. The number of rotatable bonds is 4. The van der Waals surface area contributed by atoms with Crippen LogP contribution in [-0.2, 0) is 4.79 Å². The van der Waals surface area contributed by atoms with Gasteiger partial charge in [-0.3, -0.25) is 4.79 Å². The Labute approximate surface area is 135 Å². The Kier molecular flexibility index (Phi) is 5.00. The lowest BCUT2D eigenvalue weighted by Crippen LogP contribution is -2.13. The Hall–Kier alpha value is -3.26. The summed E-state index contributed by atoms with van der Waals surface area (Å²) in [5.74, 6) is -0.380. The number of benzene rings is 2. The summed E-state index contributed by atoms with van der Waals surface area (Å²) in [7, 11) is 3.88. The standard InChI is InChI=1S/C18H17N3O2/c1-21(2)16-7-3-13(4-8-16)11-14(12-19)18(23)20-15-5-9-17(22)10-6-15/h3-11,22H,1-2H3,(H,20,23)/b14-11+. The second kappa shape index (κ2) is 7.14. The van der Waals surface area contributed by atoms with Gasteiger partial charge in [0.05, 0.1) is 0 Å². The van der Waals surface area contributed by atoms with Crippen LogP contribution in [0.1, 0.15) is 5.56 Å². The molecule has 0 spiro atoms. The minimum atomic E-state index is -0.491. The van der Waals surface area contributed by atoms with Crippen molar-refractivity contribution in [3.8, 4) is 11.8 Å². The number of phenolic OH excluding ortho intramolecular Hbond substituents is 1. The van der Waals surface area contributed by atoms with E-state index >= 15 is 0 Å². The van der Waals surface area contributed by atoms with E-state index in [4.69, 9.17) is 0 Å². The van der Waals surface area contributed by atoms with Gasteiger partial charge in [0.1, 0.15) is 17.4 Å². The van der Waals surface area contributed by atoms with E-state index in [0.29, 0.717) is 5.69 Å². The fraction of sp³-hybridized carbons (Fsp3) is 0.111. The zero-order valence-corrected chi connectivity index (χ0v) is 12.9. The van der Waals surface area contributed by atoms with Crippen LogP contribution in [0, 0.1) is 11.3 Å². The van der Waals surface area contributed by atoms with Crippen molar-refractivity contribution in [2.24, 2.45) is 0 Å². The first-order valence-corrected chi connectivity index (χ1v) is 6.99. The molecule has 2 aromatic carbocycles. The van der Waals surface area contributed by atoms with Gasteiger partial charge in [0.25, 0.3) is 5.91 Å². The predicted molar refractivity (Wildman–Crippen MR) is 91.1 cm³/mol. The molecule has 0 aliphatic heterocycles. The number of nitrogens with zero attached hydrogens (tertiary/aromatic N) is 2. The first kappa shape index (κ1) is 16.1.